The number of nitrogens with one attached hydrogen (secondary N) is 1. The molecular formula is C21H33N6O8PS. The molecule has 0 aliphatic carbocycles. The summed E-state index contributed by atoms with van der Waals surface area (Å²) in [6.45, 7) is -0.156. The van der Waals surface area contributed by atoms with Crippen LogP contribution in [0.25, 0.3) is 11.2 Å². The molecule has 0 bridgehead atoms. The Bertz CT molecular complexity index is 1170. The summed E-state index contributed by atoms with van der Waals surface area (Å²) >= 11 is 1.08. The van der Waals surface area contributed by atoms with Gasteiger partial charge in [-0.25, -0.2) is 10.1 Å². The second-order valence-electron chi connectivity index (χ2n) is 9.08. The number of nitrogen functional groups attached to an aromatic ring is 1. The van der Waals surface area contributed by atoms with Crippen LogP contribution in [-0.4, -0.2) is 85.6 Å². The highest BCUT2D eigenvalue weighted by Gasteiger charge is 2.54. The molecular weight excluding hydrogens is 527 g/mol. The van der Waals surface area contributed by atoms with Gasteiger partial charge in [0, 0.05) is 5.75 Å². The average molecular weight is 561 g/mol. The quantitative estimate of drug-likeness (QED) is 0.195. The van der Waals surface area contributed by atoms with Gasteiger partial charge in [0.15, 0.2) is 17.4 Å². The fraction of sp³-hybridized carbons (Fsp3) is 0.714. The summed E-state index contributed by atoms with van der Waals surface area (Å²) < 4.78 is 37.1. The summed E-state index contributed by atoms with van der Waals surface area (Å²) in [7, 11) is 1.41. The van der Waals surface area contributed by atoms with Crippen molar-refractivity contribution in [2.45, 2.75) is 69.6 Å². The molecule has 206 valence electrons. The molecule has 2 aliphatic heterocycles. The standard InChI is InChI=1S/C21H33N6O8PS/c1-4-5-8-33-18(29)12-7-6-9-37-36(31,26-12)34-10-13-15(28)21(2,30)19(35-13)27-11-23-14-16(27)24-20(22)25-17(14)32-3/h11-13,15,19,28,30H,4-10H2,1-3H3,(H,26,31)(H2,22,24,25)/t12-,13-,15-,19-,21-,36?/m1/s1. The zero-order valence-corrected chi connectivity index (χ0v) is 22.6. The molecule has 4 heterocycles. The van der Waals surface area contributed by atoms with E-state index in [1.54, 1.807) is 0 Å². The molecule has 14 nitrogen and oxygen atoms in total. The molecule has 37 heavy (non-hydrogen) atoms. The number of imidazole rings is 1. The Morgan fingerprint density at radius 1 is 1.46 bits per heavy atom. The SMILES string of the molecule is CCCCOC(=O)[C@H]1CCCSP(=O)(OC[C@H]2O[C@@H](n3cnc4c(OC)nc(N)nc43)[C@](C)(O)[C@@H]2O)N1. The number of hydrogen-bond acceptors (Lipinski definition) is 13. The molecule has 2 fully saturated rings. The van der Waals surface area contributed by atoms with Gasteiger partial charge in [-0.2, -0.15) is 9.97 Å². The van der Waals surface area contributed by atoms with Crippen molar-refractivity contribution in [3.63, 3.8) is 0 Å². The molecule has 16 heteroatoms. The number of fused-ring (bicyclic) bond motifs is 1. The van der Waals surface area contributed by atoms with Gasteiger partial charge in [-0.3, -0.25) is 13.9 Å². The number of esters is 1. The van der Waals surface area contributed by atoms with Gasteiger partial charge in [0.25, 0.3) is 0 Å². The number of anilines is 1. The van der Waals surface area contributed by atoms with Gasteiger partial charge in [0.2, 0.25) is 11.8 Å². The summed E-state index contributed by atoms with van der Waals surface area (Å²) in [6.07, 6.45) is 0.538. The molecule has 0 spiro atoms. The van der Waals surface area contributed by atoms with Crippen LogP contribution in [0.2, 0.25) is 0 Å². The van der Waals surface area contributed by atoms with Crippen LogP contribution in [0.4, 0.5) is 5.95 Å². The van der Waals surface area contributed by atoms with Crippen LogP contribution in [0.1, 0.15) is 45.8 Å². The number of carbonyl (C=O) groups is 1. The second-order valence-corrected chi connectivity index (χ2v) is 13.5. The predicted octanol–water partition coefficient (Wildman–Crippen LogP) is 1.38. The molecule has 0 aromatic carbocycles. The van der Waals surface area contributed by atoms with E-state index in [9.17, 15) is 19.6 Å². The van der Waals surface area contributed by atoms with E-state index in [0.717, 1.165) is 24.2 Å². The van der Waals surface area contributed by atoms with E-state index in [1.165, 1.54) is 24.9 Å². The van der Waals surface area contributed by atoms with Gasteiger partial charge in [0.05, 0.1) is 26.7 Å². The molecule has 2 saturated heterocycles. The largest absolute Gasteiger partial charge is 0.479 e. The topological polar surface area (TPSA) is 193 Å². The number of rotatable bonds is 9. The van der Waals surface area contributed by atoms with Crippen LogP contribution in [-0.2, 0) is 23.4 Å². The van der Waals surface area contributed by atoms with Gasteiger partial charge >= 0.3 is 12.7 Å². The van der Waals surface area contributed by atoms with E-state index in [2.05, 4.69) is 20.0 Å². The van der Waals surface area contributed by atoms with Crippen LogP contribution in [0, 0.1) is 0 Å². The molecule has 1 unspecified atom stereocenters. The monoisotopic (exact) mass is 560 g/mol. The zero-order chi connectivity index (χ0) is 26.8. The lowest BCUT2D eigenvalue weighted by Gasteiger charge is -2.27. The maximum Gasteiger partial charge on any atom is 0.327 e. The lowest BCUT2D eigenvalue weighted by Crippen LogP contribution is -2.44. The Labute approximate surface area is 217 Å². The molecule has 2 aliphatic rings. The lowest BCUT2D eigenvalue weighted by atomic mass is 9.96. The first-order valence-electron chi connectivity index (χ1n) is 12.0. The van der Waals surface area contributed by atoms with Crippen molar-refractivity contribution >= 4 is 41.2 Å². The highest BCUT2D eigenvalue weighted by atomic mass is 32.7. The Hall–Kier alpha value is -2.00. The minimum absolute atomic E-state index is 0.0680. The molecule has 6 atom stereocenters. The zero-order valence-electron chi connectivity index (χ0n) is 20.9. The van der Waals surface area contributed by atoms with E-state index in [4.69, 9.17) is 24.5 Å². The van der Waals surface area contributed by atoms with Crippen LogP contribution in [0.15, 0.2) is 6.33 Å². The number of aliphatic hydroxyl groups is 2. The number of nitrogens with two attached hydrogens (primary N) is 1. The Kier molecular flexibility index (Phi) is 8.63. The van der Waals surface area contributed by atoms with E-state index in [1.807, 2.05) is 6.92 Å². The first-order chi connectivity index (χ1) is 17.6. The summed E-state index contributed by atoms with van der Waals surface area (Å²) in [5.74, 6) is 0.128. The predicted molar refractivity (Wildman–Crippen MR) is 135 cm³/mol. The van der Waals surface area contributed by atoms with E-state index < -0.39 is 42.8 Å². The Morgan fingerprint density at radius 2 is 2.24 bits per heavy atom. The number of carbonyl (C=O) groups excluding carboxylic acids is 1. The van der Waals surface area contributed by atoms with Crippen molar-refractivity contribution in [2.24, 2.45) is 0 Å². The average Bonchev–Trinajstić information content (AvgIpc) is 3.28. The van der Waals surface area contributed by atoms with Gasteiger partial charge in [-0.15, -0.1) is 0 Å². The summed E-state index contributed by atoms with van der Waals surface area (Å²) in [5.41, 5.74) is 4.53. The number of aliphatic hydroxyl groups excluding tert-OH is 1. The van der Waals surface area contributed by atoms with Crippen molar-refractivity contribution in [3.05, 3.63) is 6.33 Å². The van der Waals surface area contributed by atoms with Crippen LogP contribution < -0.4 is 15.6 Å². The van der Waals surface area contributed by atoms with Crippen molar-refractivity contribution in [3.8, 4) is 5.88 Å². The summed E-state index contributed by atoms with van der Waals surface area (Å²) in [4.78, 5) is 24.9. The molecule has 5 N–H and O–H groups in total. The molecule has 2 aromatic rings. The number of unbranched alkanes of at least 4 members (excludes halogenated alkanes) is 1. The van der Waals surface area contributed by atoms with Crippen molar-refractivity contribution < 1.29 is 38.3 Å². The Balaban J connectivity index is 1.47. The van der Waals surface area contributed by atoms with E-state index >= 15 is 0 Å². The third kappa shape index (κ3) is 5.87. The first kappa shape index (κ1) is 28.0. The number of aromatic nitrogens is 4. The fourth-order valence-electron chi connectivity index (χ4n) is 4.20. The Morgan fingerprint density at radius 3 is 2.97 bits per heavy atom. The number of nitrogens with zero attached hydrogens (tertiary/aromatic N) is 4. The van der Waals surface area contributed by atoms with E-state index in [-0.39, 0.29) is 24.1 Å². The fourth-order valence-corrected chi connectivity index (χ4v) is 8.04. The first-order valence-corrected chi connectivity index (χ1v) is 15.2. The number of ether oxygens (including phenoxy) is 3. The van der Waals surface area contributed by atoms with Gasteiger partial charge < -0.3 is 34.7 Å². The smallest absolute Gasteiger partial charge is 0.327 e. The third-order valence-electron chi connectivity index (χ3n) is 6.26. The molecule has 0 radical (unpaired) electrons. The summed E-state index contributed by atoms with van der Waals surface area (Å²) in [5, 5.41) is 24.9. The van der Waals surface area contributed by atoms with E-state index in [0.29, 0.717) is 30.7 Å². The van der Waals surface area contributed by atoms with Crippen LogP contribution in [0.5, 0.6) is 5.88 Å². The highest BCUT2D eigenvalue weighted by molar-refractivity contribution is 8.56. The minimum atomic E-state index is -3.54. The molecule has 4 rings (SSSR count). The summed E-state index contributed by atoms with van der Waals surface area (Å²) in [6, 6.07) is -0.764. The number of methoxy groups -OCH3 is 1. The highest BCUT2D eigenvalue weighted by Crippen LogP contribution is 2.58. The maximum absolute atomic E-state index is 13.5. The van der Waals surface area contributed by atoms with Crippen molar-refractivity contribution in [1.29, 1.82) is 0 Å². The van der Waals surface area contributed by atoms with Crippen molar-refractivity contribution in [1.82, 2.24) is 24.6 Å². The third-order valence-corrected chi connectivity index (χ3v) is 10.4. The lowest BCUT2D eigenvalue weighted by molar-refractivity contribution is -0.146. The van der Waals surface area contributed by atoms with Crippen LogP contribution >= 0.6 is 18.1 Å². The molecule has 0 amide bonds. The molecule has 2 aromatic heterocycles. The van der Waals surface area contributed by atoms with Gasteiger partial charge in [0.1, 0.15) is 23.9 Å². The van der Waals surface area contributed by atoms with Gasteiger partial charge in [-0.05, 0) is 26.2 Å². The normalized spacial score (nSPS) is 32.4. The van der Waals surface area contributed by atoms with Crippen molar-refractivity contribution in [2.75, 3.05) is 31.8 Å². The van der Waals surface area contributed by atoms with Gasteiger partial charge in [-0.1, -0.05) is 24.7 Å². The van der Waals surface area contributed by atoms with Crippen LogP contribution in [0.3, 0.4) is 0 Å². The maximum atomic E-state index is 13.5. The second kappa shape index (κ2) is 11.4. The molecule has 0 saturated carbocycles. The minimum Gasteiger partial charge on any atom is -0.479 e. The number of hydrogen-bond donors (Lipinski definition) is 4.